The van der Waals surface area contributed by atoms with Crippen molar-refractivity contribution in [3.05, 3.63) is 45.5 Å². The molecule has 6 nitrogen and oxygen atoms in total. The molecule has 3 N–H and O–H groups in total. The lowest BCUT2D eigenvalue weighted by atomic mass is 10.3. The van der Waals surface area contributed by atoms with Gasteiger partial charge in [-0.3, -0.25) is 4.79 Å². The minimum Gasteiger partial charge on any atom is -0.346 e. The number of amides is 1. The maximum Gasteiger partial charge on any atom is 0.270 e. The van der Waals surface area contributed by atoms with Crippen LogP contribution in [0.3, 0.4) is 0 Å². The van der Waals surface area contributed by atoms with Crippen molar-refractivity contribution in [2.45, 2.75) is 10.8 Å². The monoisotopic (exact) mass is 375 g/mol. The number of nitrogens with one attached hydrogen (secondary N) is 1. The van der Waals surface area contributed by atoms with Gasteiger partial charge in [0, 0.05) is 15.5 Å². The highest BCUT2D eigenvalue weighted by Crippen LogP contribution is 2.20. The topological polar surface area (TPSA) is 102 Å². The van der Waals surface area contributed by atoms with Crippen LogP contribution >= 0.6 is 27.3 Å². The predicted molar refractivity (Wildman–Crippen MR) is 78.8 cm³/mol. The van der Waals surface area contributed by atoms with E-state index in [1.807, 2.05) is 0 Å². The molecule has 0 radical (unpaired) electrons. The van der Waals surface area contributed by atoms with Crippen molar-refractivity contribution >= 4 is 43.2 Å². The number of hydrogen-bond donors (Lipinski definition) is 2. The van der Waals surface area contributed by atoms with Crippen LogP contribution in [0.15, 0.2) is 39.1 Å². The number of nitrogens with zero attached hydrogens (tertiary/aromatic N) is 1. The van der Waals surface area contributed by atoms with Crippen molar-refractivity contribution in [1.29, 1.82) is 0 Å². The number of sulfonamides is 1. The van der Waals surface area contributed by atoms with Gasteiger partial charge in [0.15, 0.2) is 0 Å². The molecule has 0 aliphatic heterocycles. The fourth-order valence-corrected chi connectivity index (χ4v) is 3.33. The van der Waals surface area contributed by atoms with E-state index in [2.05, 4.69) is 26.2 Å². The molecule has 0 saturated carbocycles. The van der Waals surface area contributed by atoms with Crippen LogP contribution in [0, 0.1) is 0 Å². The number of carbonyl (C=O) groups is 1. The van der Waals surface area contributed by atoms with E-state index in [9.17, 15) is 13.2 Å². The molecule has 2 heterocycles. The first kappa shape index (κ1) is 15.1. The molecule has 2 aromatic heterocycles. The number of aromatic nitrogens is 1. The van der Waals surface area contributed by atoms with Crippen LogP contribution in [0.5, 0.6) is 0 Å². The molecule has 1 amide bonds. The molecule has 0 aromatic carbocycles. The molecule has 0 spiro atoms. The van der Waals surface area contributed by atoms with Crippen molar-refractivity contribution in [2.24, 2.45) is 5.14 Å². The number of rotatable bonds is 4. The Morgan fingerprint density at radius 1 is 1.35 bits per heavy atom. The molecular formula is C11H10BrN3O3S2. The lowest BCUT2D eigenvalue weighted by Gasteiger charge is -2.02. The van der Waals surface area contributed by atoms with Gasteiger partial charge in [0.2, 0.25) is 10.0 Å². The highest BCUT2D eigenvalue weighted by Gasteiger charge is 2.12. The Balaban J connectivity index is 2.00. The zero-order valence-corrected chi connectivity index (χ0v) is 13.3. The Morgan fingerprint density at radius 2 is 2.10 bits per heavy atom. The first-order chi connectivity index (χ1) is 9.36. The van der Waals surface area contributed by atoms with Crippen molar-refractivity contribution in [3.63, 3.8) is 0 Å². The van der Waals surface area contributed by atoms with E-state index >= 15 is 0 Å². The summed E-state index contributed by atoms with van der Waals surface area (Å²) in [7, 11) is -3.69. The van der Waals surface area contributed by atoms with Crippen LogP contribution in [0.2, 0.25) is 0 Å². The summed E-state index contributed by atoms with van der Waals surface area (Å²) in [4.78, 5) is 16.5. The van der Waals surface area contributed by atoms with Crippen LogP contribution < -0.4 is 10.5 Å². The molecule has 0 saturated heterocycles. The van der Waals surface area contributed by atoms with E-state index < -0.39 is 10.0 Å². The van der Waals surface area contributed by atoms with Gasteiger partial charge in [0.1, 0.15) is 9.90 Å². The van der Waals surface area contributed by atoms with Crippen LogP contribution in [0.4, 0.5) is 0 Å². The van der Waals surface area contributed by atoms with Gasteiger partial charge in [0.05, 0.1) is 6.54 Å². The van der Waals surface area contributed by atoms with E-state index in [0.717, 1.165) is 15.8 Å². The summed E-state index contributed by atoms with van der Waals surface area (Å²) >= 11 is 4.25. The van der Waals surface area contributed by atoms with Crippen LogP contribution in [0.25, 0.3) is 0 Å². The molecule has 0 fully saturated rings. The second kappa shape index (κ2) is 6.00. The smallest absolute Gasteiger partial charge is 0.270 e. The number of carbonyl (C=O) groups excluding carboxylic acids is 1. The lowest BCUT2D eigenvalue weighted by molar-refractivity contribution is 0.0946. The summed E-state index contributed by atoms with van der Waals surface area (Å²) < 4.78 is 23.1. The molecule has 2 aromatic rings. The largest absolute Gasteiger partial charge is 0.346 e. The zero-order valence-electron chi connectivity index (χ0n) is 10.0. The number of halogens is 1. The number of pyridine rings is 1. The highest BCUT2D eigenvalue weighted by molar-refractivity contribution is 9.10. The fourth-order valence-electron chi connectivity index (χ4n) is 1.37. The maximum atomic E-state index is 11.8. The van der Waals surface area contributed by atoms with Gasteiger partial charge in [-0.15, -0.1) is 11.3 Å². The first-order valence-electron chi connectivity index (χ1n) is 5.37. The maximum absolute atomic E-state index is 11.8. The lowest BCUT2D eigenvalue weighted by Crippen LogP contribution is -2.23. The van der Waals surface area contributed by atoms with Crippen molar-refractivity contribution in [2.75, 3.05) is 0 Å². The van der Waals surface area contributed by atoms with Crippen LogP contribution in [-0.4, -0.2) is 19.3 Å². The Labute approximate surface area is 128 Å². The first-order valence-corrected chi connectivity index (χ1v) is 8.53. The second-order valence-corrected chi connectivity index (χ2v) is 7.68. The number of hydrogen-bond acceptors (Lipinski definition) is 5. The third-order valence-electron chi connectivity index (χ3n) is 2.30. The van der Waals surface area contributed by atoms with E-state index in [1.54, 1.807) is 18.2 Å². The van der Waals surface area contributed by atoms with Crippen LogP contribution in [0.1, 0.15) is 15.4 Å². The molecule has 0 bridgehead atoms. The summed E-state index contributed by atoms with van der Waals surface area (Å²) in [5.41, 5.74) is 0.288. The average molecular weight is 376 g/mol. The molecule has 0 aliphatic carbocycles. The highest BCUT2D eigenvalue weighted by atomic mass is 79.9. The third-order valence-corrected chi connectivity index (χ3v) is 5.29. The minimum atomic E-state index is -3.69. The number of nitrogens with two attached hydrogens (primary N) is 1. The Hall–Kier alpha value is -1.29. The van der Waals surface area contributed by atoms with E-state index in [1.165, 1.54) is 12.3 Å². The molecule has 20 heavy (non-hydrogen) atoms. The second-order valence-electron chi connectivity index (χ2n) is 3.81. The fraction of sp³-hybridized carbons (Fsp3) is 0.0909. The van der Waals surface area contributed by atoms with Gasteiger partial charge in [0.25, 0.3) is 5.91 Å². The average Bonchev–Trinajstić information content (AvgIpc) is 2.85. The molecule has 0 atom stereocenters. The quantitative estimate of drug-likeness (QED) is 0.844. The van der Waals surface area contributed by atoms with Crippen LogP contribution in [-0.2, 0) is 16.6 Å². The summed E-state index contributed by atoms with van der Waals surface area (Å²) in [5, 5.41) is 7.67. The summed E-state index contributed by atoms with van der Waals surface area (Å²) in [6, 6.07) is 6.33. The summed E-state index contributed by atoms with van der Waals surface area (Å²) in [5.74, 6) is -0.331. The predicted octanol–water partition coefficient (Wildman–Crippen LogP) is 1.48. The minimum absolute atomic E-state index is 0.0727. The van der Waals surface area contributed by atoms with Gasteiger partial charge in [-0.1, -0.05) is 0 Å². The molecule has 0 unspecified atom stereocenters. The van der Waals surface area contributed by atoms with E-state index in [-0.39, 0.29) is 22.4 Å². The molecular weight excluding hydrogens is 366 g/mol. The molecule has 0 aliphatic rings. The normalized spacial score (nSPS) is 11.3. The van der Waals surface area contributed by atoms with Crippen molar-refractivity contribution < 1.29 is 13.2 Å². The van der Waals surface area contributed by atoms with Crippen molar-refractivity contribution in [1.82, 2.24) is 10.3 Å². The molecule has 2 rings (SSSR count). The molecule has 9 heteroatoms. The number of primary sulfonamides is 1. The third kappa shape index (κ3) is 3.85. The van der Waals surface area contributed by atoms with Gasteiger partial charge in [-0.05, 0) is 40.2 Å². The Kier molecular flexibility index (Phi) is 4.53. The van der Waals surface area contributed by atoms with Crippen molar-refractivity contribution in [3.8, 4) is 0 Å². The van der Waals surface area contributed by atoms with Gasteiger partial charge < -0.3 is 5.32 Å². The Bertz CT molecular complexity index is 726. The Morgan fingerprint density at radius 3 is 2.65 bits per heavy atom. The summed E-state index contributed by atoms with van der Waals surface area (Å²) in [6.07, 6.45) is 1.53. The van der Waals surface area contributed by atoms with E-state index in [4.69, 9.17) is 5.14 Å². The SMILES string of the molecule is NS(=O)(=O)c1ccc(CNC(=O)c2ccc(Br)cn2)s1. The molecule has 106 valence electrons. The standard InChI is InChI=1S/C11H10BrN3O3S2/c12-7-1-3-9(14-5-7)11(16)15-6-8-2-4-10(19-8)20(13,17)18/h1-5H,6H2,(H,15,16)(H2,13,17,18). The zero-order chi connectivity index (χ0) is 14.8. The van der Waals surface area contributed by atoms with Gasteiger partial charge >= 0.3 is 0 Å². The van der Waals surface area contributed by atoms with Gasteiger partial charge in [-0.2, -0.15) is 0 Å². The van der Waals surface area contributed by atoms with E-state index in [0.29, 0.717) is 4.88 Å². The van der Waals surface area contributed by atoms with Gasteiger partial charge in [-0.25, -0.2) is 18.5 Å². The summed E-state index contributed by atoms with van der Waals surface area (Å²) in [6.45, 7) is 0.219. The number of thiophene rings is 1.